The summed E-state index contributed by atoms with van der Waals surface area (Å²) in [6.45, 7) is 1.77. The van der Waals surface area contributed by atoms with Gasteiger partial charge in [0.2, 0.25) is 0 Å². The van der Waals surface area contributed by atoms with Gasteiger partial charge >= 0.3 is 5.97 Å². The number of thiazole rings is 1. The van der Waals surface area contributed by atoms with Gasteiger partial charge in [-0.2, -0.15) is 0 Å². The van der Waals surface area contributed by atoms with Crippen molar-refractivity contribution in [3.05, 3.63) is 86.0 Å². The second kappa shape index (κ2) is 11.8. The van der Waals surface area contributed by atoms with E-state index in [1.54, 1.807) is 37.4 Å². The number of carbonyl (C=O) groups excluding carboxylic acids is 1. The highest BCUT2D eigenvalue weighted by Crippen LogP contribution is 2.46. The number of ether oxygens (including phenoxy) is 3. The number of nitrogens with zero attached hydrogens (tertiary/aromatic N) is 3. The number of methoxy groups -OCH3 is 2. The van der Waals surface area contributed by atoms with Gasteiger partial charge in [-0.3, -0.25) is 0 Å². The number of esters is 1. The van der Waals surface area contributed by atoms with Gasteiger partial charge in [-0.1, -0.05) is 63.4 Å². The molecule has 2 fully saturated rings. The lowest BCUT2D eigenvalue weighted by Crippen LogP contribution is -2.45. The number of fused-ring (bicyclic) bond motifs is 1. The number of anilines is 1. The molecule has 0 spiro atoms. The Kier molecular flexibility index (Phi) is 7.82. The molecule has 1 aliphatic heterocycles. The molecule has 1 aliphatic carbocycles. The van der Waals surface area contributed by atoms with Gasteiger partial charge in [0.05, 0.1) is 40.1 Å². The largest absolute Gasteiger partial charge is 0.494 e. The molecule has 5 aromatic rings. The summed E-state index contributed by atoms with van der Waals surface area (Å²) in [5.74, 6) is 2.16. The van der Waals surface area contributed by atoms with Gasteiger partial charge in [-0.15, -0.1) is 0 Å². The lowest BCUT2D eigenvalue weighted by atomic mass is 9.92. The average molecular weight is 671 g/mol. The van der Waals surface area contributed by atoms with Crippen LogP contribution in [0.5, 0.6) is 11.5 Å². The van der Waals surface area contributed by atoms with E-state index in [0.29, 0.717) is 49.3 Å². The van der Waals surface area contributed by atoms with Gasteiger partial charge in [-0.25, -0.2) is 9.78 Å². The number of hydrogen-bond donors (Lipinski definition) is 0. The van der Waals surface area contributed by atoms with Crippen LogP contribution in [0.2, 0.25) is 15.1 Å². The minimum atomic E-state index is -0.415. The first-order valence-electron chi connectivity index (χ1n) is 14.0. The zero-order valence-electron chi connectivity index (χ0n) is 23.7. The van der Waals surface area contributed by atoms with E-state index < -0.39 is 5.97 Å². The van der Waals surface area contributed by atoms with E-state index in [1.807, 2.05) is 18.2 Å². The number of benzene rings is 3. The van der Waals surface area contributed by atoms with Crippen LogP contribution >= 0.6 is 46.1 Å². The molecular formula is C32H26Cl3N3O5S. The molecule has 2 aliphatic rings. The van der Waals surface area contributed by atoms with Crippen LogP contribution < -0.4 is 14.4 Å². The van der Waals surface area contributed by atoms with Crippen molar-refractivity contribution in [1.29, 1.82) is 0 Å². The topological polar surface area (TPSA) is 86.9 Å². The minimum Gasteiger partial charge on any atom is -0.494 e. The third kappa shape index (κ3) is 5.36. The van der Waals surface area contributed by atoms with Crippen molar-refractivity contribution < 1.29 is 23.5 Å². The van der Waals surface area contributed by atoms with Crippen LogP contribution in [-0.2, 0) is 11.3 Å². The first kappa shape index (κ1) is 29.2. The summed E-state index contributed by atoms with van der Waals surface area (Å²) in [6.07, 6.45) is 2.10. The van der Waals surface area contributed by atoms with Crippen molar-refractivity contribution in [3.8, 4) is 22.8 Å². The molecule has 0 bridgehead atoms. The lowest BCUT2D eigenvalue weighted by molar-refractivity contribution is 0.0600. The molecule has 2 aromatic heterocycles. The number of halogens is 3. The van der Waals surface area contributed by atoms with E-state index >= 15 is 0 Å². The molecule has 0 unspecified atom stereocenters. The molecule has 0 atom stereocenters. The van der Waals surface area contributed by atoms with Crippen molar-refractivity contribution in [1.82, 2.24) is 10.1 Å². The van der Waals surface area contributed by atoms with Gasteiger partial charge < -0.3 is 23.6 Å². The van der Waals surface area contributed by atoms with Crippen LogP contribution in [0, 0.1) is 0 Å². The molecule has 0 amide bonds. The Balaban J connectivity index is 1.05. The van der Waals surface area contributed by atoms with Gasteiger partial charge in [0.1, 0.15) is 35.1 Å². The van der Waals surface area contributed by atoms with Crippen LogP contribution in [0.25, 0.3) is 21.5 Å². The highest BCUT2D eigenvalue weighted by atomic mass is 35.5. The Labute approximate surface area is 272 Å². The van der Waals surface area contributed by atoms with E-state index in [4.69, 9.17) is 58.5 Å². The standard InChI is InChI=1S/C32H26Cl3N3O5S/c1-40-25-10-17(31(39)41-2)11-26-29(25)36-32(44-26)38-13-18(14-38)20-9-8-19(12-24(20)35)42-15-21-28(37-43-30(21)16-6-7-16)27-22(33)4-3-5-23(27)34/h3-5,8-12,16,18H,6-7,13-15H2,1-2H3. The summed E-state index contributed by atoms with van der Waals surface area (Å²) in [5.41, 5.74) is 4.30. The number of hydrogen-bond acceptors (Lipinski definition) is 9. The Morgan fingerprint density at radius 1 is 1.02 bits per heavy atom. The molecule has 3 heterocycles. The fourth-order valence-electron chi connectivity index (χ4n) is 5.48. The fourth-order valence-corrected chi connectivity index (χ4v) is 7.42. The number of carbonyl (C=O) groups is 1. The smallest absolute Gasteiger partial charge is 0.338 e. The summed E-state index contributed by atoms with van der Waals surface area (Å²) in [7, 11) is 2.92. The second-order valence-electron chi connectivity index (χ2n) is 10.8. The Morgan fingerprint density at radius 2 is 1.80 bits per heavy atom. The number of rotatable bonds is 9. The predicted molar refractivity (Wildman–Crippen MR) is 172 cm³/mol. The summed E-state index contributed by atoms with van der Waals surface area (Å²) < 4.78 is 23.2. The zero-order valence-corrected chi connectivity index (χ0v) is 26.8. The normalized spacial score (nSPS) is 15.0. The molecular weight excluding hydrogens is 645 g/mol. The van der Waals surface area contributed by atoms with Crippen LogP contribution in [0.4, 0.5) is 5.13 Å². The van der Waals surface area contributed by atoms with Crippen molar-refractivity contribution in [2.24, 2.45) is 0 Å². The third-order valence-electron chi connectivity index (χ3n) is 8.00. The highest BCUT2D eigenvalue weighted by molar-refractivity contribution is 7.22. The summed E-state index contributed by atoms with van der Waals surface area (Å²) >= 11 is 21.3. The molecule has 1 saturated carbocycles. The molecule has 8 nitrogen and oxygen atoms in total. The number of aromatic nitrogens is 2. The fraction of sp³-hybridized carbons (Fsp3) is 0.281. The molecule has 1 saturated heterocycles. The van der Waals surface area contributed by atoms with Gasteiger partial charge in [-0.05, 0) is 54.8 Å². The van der Waals surface area contributed by atoms with Gasteiger partial charge in [0.25, 0.3) is 0 Å². The monoisotopic (exact) mass is 669 g/mol. The molecule has 44 heavy (non-hydrogen) atoms. The average Bonchev–Trinajstić information content (AvgIpc) is 3.62. The van der Waals surface area contributed by atoms with E-state index in [-0.39, 0.29) is 12.5 Å². The first-order chi connectivity index (χ1) is 21.3. The minimum absolute atomic E-state index is 0.240. The summed E-state index contributed by atoms with van der Waals surface area (Å²) in [4.78, 5) is 19.1. The van der Waals surface area contributed by atoms with Gasteiger partial charge in [0.15, 0.2) is 5.13 Å². The summed E-state index contributed by atoms with van der Waals surface area (Å²) in [6, 6.07) is 14.6. The van der Waals surface area contributed by atoms with Crippen molar-refractivity contribution >= 4 is 67.5 Å². The predicted octanol–water partition coefficient (Wildman–Crippen LogP) is 8.77. The Morgan fingerprint density at radius 3 is 2.48 bits per heavy atom. The molecule has 0 radical (unpaired) electrons. The molecule has 7 rings (SSSR count). The molecule has 3 aromatic carbocycles. The first-order valence-corrected chi connectivity index (χ1v) is 16.0. The maximum absolute atomic E-state index is 12.1. The maximum atomic E-state index is 12.1. The Hall–Kier alpha value is -3.50. The molecule has 226 valence electrons. The van der Waals surface area contributed by atoms with Gasteiger partial charge in [0, 0.05) is 35.5 Å². The van der Waals surface area contributed by atoms with Crippen molar-refractivity contribution in [3.63, 3.8) is 0 Å². The highest BCUT2D eigenvalue weighted by Gasteiger charge is 2.34. The SMILES string of the molecule is COC(=O)c1cc(OC)c2nc(N3CC(c4ccc(OCc5c(-c6c(Cl)cccc6Cl)noc5C5CC5)cc4Cl)C3)sc2c1. The van der Waals surface area contributed by atoms with Crippen molar-refractivity contribution in [2.45, 2.75) is 31.3 Å². The third-order valence-corrected chi connectivity index (χ3v) is 10.0. The zero-order chi connectivity index (χ0) is 30.5. The Bertz CT molecular complexity index is 1880. The van der Waals surface area contributed by atoms with Crippen LogP contribution in [0.3, 0.4) is 0 Å². The quantitative estimate of drug-likeness (QED) is 0.144. The van der Waals surface area contributed by atoms with Crippen molar-refractivity contribution in [2.75, 3.05) is 32.2 Å². The van der Waals surface area contributed by atoms with Crippen LogP contribution in [0.15, 0.2) is 53.1 Å². The van der Waals surface area contributed by atoms with E-state index in [0.717, 1.165) is 58.2 Å². The molecule has 0 N–H and O–H groups in total. The second-order valence-corrected chi connectivity index (χ2v) is 13.1. The summed E-state index contributed by atoms with van der Waals surface area (Å²) in [5, 5.41) is 6.86. The van der Waals surface area contributed by atoms with E-state index in [2.05, 4.69) is 10.1 Å². The van der Waals surface area contributed by atoms with Crippen LogP contribution in [0.1, 0.15) is 51.9 Å². The van der Waals surface area contributed by atoms with Crippen LogP contribution in [-0.4, -0.2) is 43.4 Å². The maximum Gasteiger partial charge on any atom is 0.338 e. The van der Waals surface area contributed by atoms with E-state index in [9.17, 15) is 4.79 Å². The lowest BCUT2D eigenvalue weighted by Gasteiger charge is -2.39. The molecule has 12 heteroatoms. The van der Waals surface area contributed by atoms with E-state index in [1.165, 1.54) is 18.4 Å².